The van der Waals surface area contributed by atoms with Gasteiger partial charge in [-0.15, -0.1) is 18.3 Å². The Hall–Kier alpha value is -2.96. The quantitative estimate of drug-likeness (QED) is 0.490. The summed E-state index contributed by atoms with van der Waals surface area (Å²) >= 11 is 6.01. The number of amides is 1. The second-order valence-corrected chi connectivity index (χ2v) is 7.75. The van der Waals surface area contributed by atoms with Crippen LogP contribution in [0.4, 0.5) is 13.2 Å². The van der Waals surface area contributed by atoms with Gasteiger partial charge in [-0.2, -0.15) is 0 Å². The fourth-order valence-corrected chi connectivity index (χ4v) is 3.57. The van der Waals surface area contributed by atoms with Crippen molar-refractivity contribution in [3.63, 3.8) is 0 Å². The number of fused-ring (bicyclic) bond motifs is 1. The molecule has 0 unspecified atom stereocenters. The Morgan fingerprint density at radius 1 is 1.24 bits per heavy atom. The summed E-state index contributed by atoms with van der Waals surface area (Å²) in [5.74, 6) is 0.00584. The summed E-state index contributed by atoms with van der Waals surface area (Å²) in [7, 11) is 0. The number of aromatic nitrogens is 3. The van der Waals surface area contributed by atoms with E-state index in [1.165, 1.54) is 6.20 Å². The molecule has 1 amide bonds. The predicted octanol–water partition coefficient (Wildman–Crippen LogP) is 3.41. The highest BCUT2D eigenvalue weighted by molar-refractivity contribution is 6.31. The Bertz CT molecular complexity index is 1120. The number of carbonyl (C=O) groups excluding carboxylic acids is 1. The number of carbonyl (C=O) groups is 1. The van der Waals surface area contributed by atoms with Crippen LogP contribution in [0.5, 0.6) is 6.08 Å². The van der Waals surface area contributed by atoms with Crippen LogP contribution in [-0.2, 0) is 4.74 Å². The maximum Gasteiger partial charge on any atom is 0.522 e. The lowest BCUT2D eigenvalue weighted by atomic mass is 10.0. The van der Waals surface area contributed by atoms with Crippen molar-refractivity contribution in [3.05, 3.63) is 46.9 Å². The van der Waals surface area contributed by atoms with E-state index in [2.05, 4.69) is 30.6 Å². The van der Waals surface area contributed by atoms with Gasteiger partial charge in [0, 0.05) is 29.2 Å². The average Bonchev–Trinajstić information content (AvgIpc) is 3.25. The first-order chi connectivity index (χ1) is 15.8. The molecule has 13 heteroatoms. The molecule has 0 bridgehead atoms. The molecule has 2 atom stereocenters. The SMILES string of the molecule is O=C(N[C@H]1CC[C@H](c2nnc(OCCOC(F)(F)F)o2)NC1)c1cnc2ccc(Cl)cc2c1. The molecule has 0 radical (unpaired) electrons. The van der Waals surface area contributed by atoms with Crippen molar-refractivity contribution in [2.45, 2.75) is 31.3 Å². The Kier molecular flexibility index (Phi) is 6.96. The third-order valence-electron chi connectivity index (χ3n) is 4.95. The van der Waals surface area contributed by atoms with Gasteiger partial charge in [-0.25, -0.2) is 0 Å². The second kappa shape index (κ2) is 9.89. The summed E-state index contributed by atoms with van der Waals surface area (Å²) < 4.78 is 49.7. The number of halogens is 4. The summed E-state index contributed by atoms with van der Waals surface area (Å²) in [6.07, 6.45) is -2.20. The second-order valence-electron chi connectivity index (χ2n) is 7.32. The standard InChI is InChI=1S/C20H19ClF3N5O4/c21-13-1-3-15-11(8-13)7-12(9-25-15)17(30)27-14-2-4-16(26-10-14)18-28-29-19(33-18)31-5-6-32-20(22,23)24/h1,3,7-9,14,16,26H,2,4-6,10H2,(H,27,30)/t14-,16+/m0/s1. The number of nitrogens with zero attached hydrogens (tertiary/aromatic N) is 3. The minimum Gasteiger partial charge on any atom is -0.447 e. The number of nitrogens with one attached hydrogen (secondary N) is 2. The molecule has 1 fully saturated rings. The van der Waals surface area contributed by atoms with Gasteiger partial charge in [-0.3, -0.25) is 14.5 Å². The third-order valence-corrected chi connectivity index (χ3v) is 5.19. The fraction of sp³-hybridized carbons (Fsp3) is 0.400. The zero-order valence-electron chi connectivity index (χ0n) is 17.1. The normalized spacial score (nSPS) is 18.9. The summed E-state index contributed by atoms with van der Waals surface area (Å²) in [6.45, 7) is -0.617. The van der Waals surface area contributed by atoms with E-state index in [9.17, 15) is 18.0 Å². The number of piperidine rings is 1. The summed E-state index contributed by atoms with van der Waals surface area (Å²) in [5, 5.41) is 15.0. The molecule has 1 aromatic carbocycles. The van der Waals surface area contributed by atoms with Crippen molar-refractivity contribution in [1.82, 2.24) is 25.8 Å². The van der Waals surface area contributed by atoms with Crippen molar-refractivity contribution in [1.29, 1.82) is 0 Å². The first-order valence-electron chi connectivity index (χ1n) is 10.0. The van der Waals surface area contributed by atoms with E-state index in [0.717, 1.165) is 10.9 Å². The van der Waals surface area contributed by atoms with Crippen molar-refractivity contribution in [2.75, 3.05) is 19.8 Å². The molecule has 1 aliphatic rings. The summed E-state index contributed by atoms with van der Waals surface area (Å²) in [4.78, 5) is 16.9. The van der Waals surface area contributed by atoms with Crippen molar-refractivity contribution >= 4 is 28.4 Å². The number of pyridine rings is 1. The smallest absolute Gasteiger partial charge is 0.447 e. The van der Waals surface area contributed by atoms with Gasteiger partial charge in [0.2, 0.25) is 5.89 Å². The Balaban J connectivity index is 1.25. The molecule has 2 aromatic heterocycles. The summed E-state index contributed by atoms with van der Waals surface area (Å²) in [6, 6.07) is 6.62. The van der Waals surface area contributed by atoms with Crippen LogP contribution in [0, 0.1) is 0 Å². The van der Waals surface area contributed by atoms with Crippen LogP contribution in [0.1, 0.15) is 35.1 Å². The zero-order chi connectivity index (χ0) is 23.4. The van der Waals surface area contributed by atoms with Crippen molar-refractivity contribution in [2.24, 2.45) is 0 Å². The number of hydrogen-bond donors (Lipinski definition) is 2. The van der Waals surface area contributed by atoms with Crippen LogP contribution in [0.2, 0.25) is 5.02 Å². The van der Waals surface area contributed by atoms with Gasteiger partial charge in [0.15, 0.2) is 0 Å². The first kappa shape index (κ1) is 23.2. The number of rotatable bonds is 7. The van der Waals surface area contributed by atoms with E-state index in [4.69, 9.17) is 20.8 Å². The average molecular weight is 486 g/mol. The molecule has 2 N–H and O–H groups in total. The van der Waals surface area contributed by atoms with Crippen LogP contribution in [0.15, 0.2) is 34.9 Å². The molecule has 3 aromatic rings. The fourth-order valence-electron chi connectivity index (χ4n) is 3.39. The molecule has 176 valence electrons. The maximum absolute atomic E-state index is 12.6. The van der Waals surface area contributed by atoms with E-state index in [-0.39, 0.29) is 36.6 Å². The van der Waals surface area contributed by atoms with E-state index in [0.29, 0.717) is 30.0 Å². The van der Waals surface area contributed by atoms with E-state index >= 15 is 0 Å². The highest BCUT2D eigenvalue weighted by atomic mass is 35.5. The third kappa shape index (κ3) is 6.30. The lowest BCUT2D eigenvalue weighted by Gasteiger charge is -2.28. The maximum atomic E-state index is 12.6. The van der Waals surface area contributed by atoms with Gasteiger partial charge in [0.25, 0.3) is 5.91 Å². The van der Waals surface area contributed by atoms with Crippen LogP contribution < -0.4 is 15.4 Å². The minimum absolute atomic E-state index is 0.123. The molecule has 4 rings (SSSR count). The molecule has 3 heterocycles. The van der Waals surface area contributed by atoms with E-state index in [1.807, 2.05) is 0 Å². The van der Waals surface area contributed by atoms with E-state index in [1.54, 1.807) is 24.3 Å². The van der Waals surface area contributed by atoms with Gasteiger partial charge >= 0.3 is 12.4 Å². The molecule has 33 heavy (non-hydrogen) atoms. The van der Waals surface area contributed by atoms with Gasteiger partial charge < -0.3 is 19.8 Å². The molecule has 1 saturated heterocycles. The molecular weight excluding hydrogens is 467 g/mol. The highest BCUT2D eigenvalue weighted by Crippen LogP contribution is 2.25. The minimum atomic E-state index is -4.72. The number of benzene rings is 1. The number of hydrogen-bond acceptors (Lipinski definition) is 8. The molecule has 0 saturated carbocycles. The van der Waals surface area contributed by atoms with Crippen LogP contribution in [-0.4, -0.2) is 53.3 Å². The molecule has 1 aliphatic heterocycles. The van der Waals surface area contributed by atoms with Crippen LogP contribution >= 0.6 is 11.6 Å². The Morgan fingerprint density at radius 2 is 2.09 bits per heavy atom. The number of ether oxygens (including phenoxy) is 2. The summed E-state index contributed by atoms with van der Waals surface area (Å²) in [5.41, 5.74) is 1.17. The monoisotopic (exact) mass is 485 g/mol. The lowest BCUT2D eigenvalue weighted by Crippen LogP contribution is -2.46. The first-order valence-corrected chi connectivity index (χ1v) is 10.4. The Morgan fingerprint density at radius 3 is 2.85 bits per heavy atom. The van der Waals surface area contributed by atoms with E-state index < -0.39 is 13.0 Å². The predicted molar refractivity (Wildman–Crippen MR) is 110 cm³/mol. The topological polar surface area (TPSA) is 111 Å². The Labute approximate surface area is 190 Å². The van der Waals surface area contributed by atoms with Gasteiger partial charge in [0.1, 0.15) is 6.61 Å². The van der Waals surface area contributed by atoms with Gasteiger partial charge in [-0.05, 0) is 37.1 Å². The molecule has 9 nitrogen and oxygen atoms in total. The lowest BCUT2D eigenvalue weighted by molar-refractivity contribution is -0.325. The van der Waals surface area contributed by atoms with Crippen molar-refractivity contribution < 1.29 is 31.9 Å². The molecular formula is C20H19ClF3N5O4. The largest absolute Gasteiger partial charge is 0.522 e. The van der Waals surface area contributed by atoms with Crippen LogP contribution in [0.3, 0.4) is 0 Å². The molecule has 0 spiro atoms. The highest BCUT2D eigenvalue weighted by Gasteiger charge is 2.29. The van der Waals surface area contributed by atoms with Crippen molar-refractivity contribution in [3.8, 4) is 6.08 Å². The van der Waals surface area contributed by atoms with Gasteiger partial charge in [0.05, 0.1) is 23.7 Å². The molecule has 0 aliphatic carbocycles. The van der Waals surface area contributed by atoms with Crippen LogP contribution in [0.25, 0.3) is 10.9 Å². The zero-order valence-corrected chi connectivity index (χ0v) is 17.8. The number of alkyl halides is 3. The van der Waals surface area contributed by atoms with Gasteiger partial charge in [-0.1, -0.05) is 16.7 Å².